The summed E-state index contributed by atoms with van der Waals surface area (Å²) in [5, 5.41) is 8.48. The van der Waals surface area contributed by atoms with Gasteiger partial charge >= 0.3 is 0 Å². The highest BCUT2D eigenvalue weighted by Gasteiger charge is 1.93. The van der Waals surface area contributed by atoms with E-state index in [1.807, 2.05) is 6.92 Å². The Kier molecular flexibility index (Phi) is 7.26. The van der Waals surface area contributed by atoms with Crippen molar-refractivity contribution in [3.05, 3.63) is 12.3 Å². The van der Waals surface area contributed by atoms with Crippen LogP contribution in [0.1, 0.15) is 32.6 Å². The zero-order chi connectivity index (χ0) is 8.53. The average Bonchev–Trinajstić information content (AvgIpc) is 1.99. The fourth-order valence-electron chi connectivity index (χ4n) is 0.887. The summed E-state index contributed by atoms with van der Waals surface area (Å²) < 4.78 is 5.17. The van der Waals surface area contributed by atoms with Gasteiger partial charge in [0.25, 0.3) is 0 Å². The normalized spacial score (nSPS) is 9.64. The van der Waals surface area contributed by atoms with Crippen molar-refractivity contribution in [3.8, 4) is 0 Å². The van der Waals surface area contributed by atoms with Gasteiger partial charge in [0, 0.05) is 13.0 Å². The van der Waals surface area contributed by atoms with Crippen LogP contribution in [0.15, 0.2) is 12.3 Å². The zero-order valence-electron chi connectivity index (χ0n) is 7.31. The van der Waals surface area contributed by atoms with Gasteiger partial charge in [-0.1, -0.05) is 13.0 Å². The molecule has 0 spiro atoms. The lowest BCUT2D eigenvalue weighted by Gasteiger charge is -2.05. The van der Waals surface area contributed by atoms with Crippen LogP contribution >= 0.6 is 0 Å². The van der Waals surface area contributed by atoms with Crippen LogP contribution in [0.25, 0.3) is 0 Å². The number of allylic oxidation sites excluding steroid dienone is 1. The van der Waals surface area contributed by atoms with E-state index in [4.69, 9.17) is 9.84 Å². The Morgan fingerprint density at radius 1 is 1.36 bits per heavy atom. The van der Waals surface area contributed by atoms with Crippen molar-refractivity contribution < 1.29 is 9.84 Å². The van der Waals surface area contributed by atoms with E-state index in [2.05, 4.69) is 6.58 Å². The van der Waals surface area contributed by atoms with E-state index in [1.54, 1.807) is 0 Å². The van der Waals surface area contributed by atoms with Gasteiger partial charge in [-0.05, 0) is 19.8 Å². The van der Waals surface area contributed by atoms with Gasteiger partial charge in [0.05, 0.1) is 12.4 Å². The Hall–Kier alpha value is -0.500. The van der Waals surface area contributed by atoms with Gasteiger partial charge in [0.15, 0.2) is 0 Å². The summed E-state index contributed by atoms with van der Waals surface area (Å²) in [6.45, 7) is 6.71. The molecule has 2 nitrogen and oxygen atoms in total. The van der Waals surface area contributed by atoms with Gasteiger partial charge < -0.3 is 9.84 Å². The van der Waals surface area contributed by atoms with Gasteiger partial charge in [0.1, 0.15) is 0 Å². The zero-order valence-corrected chi connectivity index (χ0v) is 7.31. The lowest BCUT2D eigenvalue weighted by Crippen LogP contribution is -1.90. The Bertz CT molecular complexity index is 99.7. The van der Waals surface area contributed by atoms with Crippen LogP contribution in [0.4, 0.5) is 0 Å². The molecule has 0 saturated carbocycles. The maximum Gasteiger partial charge on any atom is 0.0888 e. The summed E-state index contributed by atoms with van der Waals surface area (Å²) in [5.74, 6) is 0.866. The molecule has 0 aliphatic heterocycles. The summed E-state index contributed by atoms with van der Waals surface area (Å²) >= 11 is 0. The molecule has 0 heterocycles. The Labute approximate surface area is 68.9 Å². The summed E-state index contributed by atoms with van der Waals surface area (Å²) in [5.41, 5.74) is 0. The van der Waals surface area contributed by atoms with Crippen LogP contribution in [-0.2, 0) is 4.74 Å². The highest BCUT2D eigenvalue weighted by Crippen LogP contribution is 2.07. The fourth-order valence-corrected chi connectivity index (χ4v) is 0.887. The van der Waals surface area contributed by atoms with E-state index in [0.29, 0.717) is 13.2 Å². The standard InChI is InChI=1S/C9H18O2/c1-3-11-9(2)7-5-4-6-8-10/h10H,2-8H2,1H3. The lowest BCUT2D eigenvalue weighted by atomic mass is 10.2. The van der Waals surface area contributed by atoms with Crippen LogP contribution in [0, 0.1) is 0 Å². The maximum atomic E-state index is 8.48. The second kappa shape index (κ2) is 7.61. The number of rotatable bonds is 7. The van der Waals surface area contributed by atoms with E-state index in [9.17, 15) is 0 Å². The Morgan fingerprint density at radius 3 is 2.64 bits per heavy atom. The Morgan fingerprint density at radius 2 is 2.09 bits per heavy atom. The van der Waals surface area contributed by atoms with Gasteiger partial charge in [-0.25, -0.2) is 0 Å². The minimum absolute atomic E-state index is 0.293. The first kappa shape index (κ1) is 10.5. The van der Waals surface area contributed by atoms with Crippen molar-refractivity contribution in [3.63, 3.8) is 0 Å². The van der Waals surface area contributed by atoms with E-state index in [0.717, 1.165) is 31.4 Å². The molecule has 0 aromatic heterocycles. The van der Waals surface area contributed by atoms with Gasteiger partial charge in [-0.15, -0.1) is 0 Å². The molecular formula is C9H18O2. The number of aliphatic hydroxyl groups excluding tert-OH is 1. The summed E-state index contributed by atoms with van der Waals surface area (Å²) in [7, 11) is 0. The highest BCUT2D eigenvalue weighted by molar-refractivity contribution is 4.81. The molecule has 0 fully saturated rings. The molecule has 0 unspecified atom stereocenters. The summed E-state index contributed by atoms with van der Waals surface area (Å²) in [6.07, 6.45) is 3.94. The van der Waals surface area contributed by atoms with Crippen LogP contribution < -0.4 is 0 Å². The largest absolute Gasteiger partial charge is 0.499 e. The van der Waals surface area contributed by atoms with Gasteiger partial charge in [-0.3, -0.25) is 0 Å². The predicted octanol–water partition coefficient (Wildman–Crippen LogP) is 2.09. The molecule has 0 radical (unpaired) electrons. The quantitative estimate of drug-likeness (QED) is 0.454. The van der Waals surface area contributed by atoms with Crippen molar-refractivity contribution in [2.75, 3.05) is 13.2 Å². The average molecular weight is 158 g/mol. The van der Waals surface area contributed by atoms with Crippen molar-refractivity contribution in [2.24, 2.45) is 0 Å². The van der Waals surface area contributed by atoms with Crippen LogP contribution in [0.5, 0.6) is 0 Å². The van der Waals surface area contributed by atoms with Crippen molar-refractivity contribution in [2.45, 2.75) is 32.6 Å². The molecule has 0 aliphatic carbocycles. The smallest absolute Gasteiger partial charge is 0.0888 e. The molecule has 0 aromatic carbocycles. The third-order valence-electron chi connectivity index (χ3n) is 1.46. The Balaban J connectivity index is 3.04. The molecule has 0 bridgehead atoms. The molecule has 11 heavy (non-hydrogen) atoms. The fraction of sp³-hybridized carbons (Fsp3) is 0.778. The van der Waals surface area contributed by atoms with E-state index in [1.165, 1.54) is 0 Å². The molecular weight excluding hydrogens is 140 g/mol. The predicted molar refractivity (Wildman–Crippen MR) is 46.3 cm³/mol. The van der Waals surface area contributed by atoms with Crippen LogP contribution in [0.3, 0.4) is 0 Å². The molecule has 0 aromatic rings. The second-order valence-corrected chi connectivity index (χ2v) is 2.51. The minimum atomic E-state index is 0.293. The molecule has 1 N–H and O–H groups in total. The summed E-state index contributed by atoms with van der Waals surface area (Å²) in [4.78, 5) is 0. The van der Waals surface area contributed by atoms with Crippen LogP contribution in [0.2, 0.25) is 0 Å². The van der Waals surface area contributed by atoms with Crippen molar-refractivity contribution in [1.82, 2.24) is 0 Å². The van der Waals surface area contributed by atoms with E-state index in [-0.39, 0.29) is 0 Å². The SMILES string of the molecule is C=C(CCCCCO)OCC. The highest BCUT2D eigenvalue weighted by atomic mass is 16.5. The maximum absolute atomic E-state index is 8.48. The monoisotopic (exact) mass is 158 g/mol. The van der Waals surface area contributed by atoms with E-state index < -0.39 is 0 Å². The van der Waals surface area contributed by atoms with Crippen LogP contribution in [-0.4, -0.2) is 18.3 Å². The third-order valence-corrected chi connectivity index (χ3v) is 1.46. The topological polar surface area (TPSA) is 29.5 Å². The number of hydrogen-bond donors (Lipinski definition) is 1. The van der Waals surface area contributed by atoms with Crippen molar-refractivity contribution in [1.29, 1.82) is 0 Å². The van der Waals surface area contributed by atoms with Gasteiger partial charge in [0.2, 0.25) is 0 Å². The first-order valence-corrected chi connectivity index (χ1v) is 4.22. The third kappa shape index (κ3) is 7.40. The lowest BCUT2D eigenvalue weighted by molar-refractivity contribution is 0.216. The molecule has 0 atom stereocenters. The number of ether oxygens (including phenoxy) is 1. The van der Waals surface area contributed by atoms with Gasteiger partial charge in [-0.2, -0.15) is 0 Å². The minimum Gasteiger partial charge on any atom is -0.499 e. The number of unbranched alkanes of at least 4 members (excludes halogenated alkanes) is 2. The first-order valence-electron chi connectivity index (χ1n) is 4.22. The molecule has 0 saturated heterocycles. The number of hydrogen-bond acceptors (Lipinski definition) is 2. The van der Waals surface area contributed by atoms with E-state index >= 15 is 0 Å². The molecule has 0 rings (SSSR count). The number of aliphatic hydroxyl groups is 1. The molecule has 2 heteroatoms. The molecule has 0 amide bonds. The molecule has 66 valence electrons. The summed E-state index contributed by atoms with van der Waals surface area (Å²) in [6, 6.07) is 0. The first-order chi connectivity index (χ1) is 5.31. The molecule has 0 aliphatic rings. The second-order valence-electron chi connectivity index (χ2n) is 2.51. The van der Waals surface area contributed by atoms with Crippen molar-refractivity contribution >= 4 is 0 Å².